The molecule has 0 unspecified atom stereocenters. The SMILES string of the molecule is [2H]C([2H])([2H])c1cccc(OC)c1[N+](=O)[O-]. The molecule has 0 N–H and O–H groups in total. The minimum atomic E-state index is -2.52. The Bertz CT molecular complexity index is 389. The van der Waals surface area contributed by atoms with Crippen LogP contribution in [-0.4, -0.2) is 12.0 Å². The first-order valence-electron chi connectivity index (χ1n) is 4.70. The number of methoxy groups -OCH3 is 1. The van der Waals surface area contributed by atoms with Gasteiger partial charge in [0.15, 0.2) is 5.75 Å². The van der Waals surface area contributed by atoms with Crippen molar-refractivity contribution in [3.63, 3.8) is 0 Å². The van der Waals surface area contributed by atoms with Gasteiger partial charge >= 0.3 is 5.69 Å². The summed E-state index contributed by atoms with van der Waals surface area (Å²) in [5.41, 5.74) is -0.813. The number of benzene rings is 1. The number of rotatable bonds is 2. The molecule has 12 heavy (non-hydrogen) atoms. The maximum atomic E-state index is 10.7. The minimum Gasteiger partial charge on any atom is -0.490 e. The van der Waals surface area contributed by atoms with Crippen LogP contribution in [-0.2, 0) is 0 Å². The Morgan fingerprint density at radius 2 is 2.42 bits per heavy atom. The molecule has 1 rings (SSSR count). The Morgan fingerprint density at radius 1 is 1.67 bits per heavy atom. The lowest BCUT2D eigenvalue weighted by molar-refractivity contribution is -0.386. The van der Waals surface area contributed by atoms with Crippen LogP contribution in [0.5, 0.6) is 5.75 Å². The van der Waals surface area contributed by atoms with E-state index >= 15 is 0 Å². The maximum absolute atomic E-state index is 10.7. The molecule has 0 bridgehead atoms. The molecule has 64 valence electrons. The smallest absolute Gasteiger partial charge is 0.313 e. The van der Waals surface area contributed by atoms with Crippen molar-refractivity contribution in [1.29, 1.82) is 0 Å². The number of para-hydroxylation sites is 1. The topological polar surface area (TPSA) is 52.4 Å². The Morgan fingerprint density at radius 3 is 2.92 bits per heavy atom. The zero-order valence-corrected chi connectivity index (χ0v) is 6.40. The van der Waals surface area contributed by atoms with Crippen molar-refractivity contribution >= 4 is 5.69 Å². The third kappa shape index (κ3) is 1.37. The van der Waals surface area contributed by atoms with Crippen molar-refractivity contribution in [3.05, 3.63) is 33.9 Å². The van der Waals surface area contributed by atoms with Gasteiger partial charge in [-0.05, 0) is 12.9 Å². The average Bonchev–Trinajstić information content (AvgIpc) is 2.15. The van der Waals surface area contributed by atoms with Gasteiger partial charge < -0.3 is 4.74 Å². The summed E-state index contributed by atoms with van der Waals surface area (Å²) in [5, 5.41) is 10.7. The van der Waals surface area contributed by atoms with E-state index in [9.17, 15) is 10.1 Å². The van der Waals surface area contributed by atoms with Crippen LogP contribution in [0.2, 0.25) is 0 Å². The van der Waals surface area contributed by atoms with Crippen molar-refractivity contribution in [2.75, 3.05) is 7.11 Å². The fourth-order valence-corrected chi connectivity index (χ4v) is 0.875. The molecule has 0 spiro atoms. The van der Waals surface area contributed by atoms with Gasteiger partial charge in [0.05, 0.1) is 12.0 Å². The molecule has 0 aliphatic rings. The Balaban J connectivity index is 3.46. The Kier molecular flexibility index (Phi) is 1.37. The average molecular weight is 170 g/mol. The van der Waals surface area contributed by atoms with Crippen molar-refractivity contribution in [3.8, 4) is 5.75 Å². The molecule has 0 fully saturated rings. The van der Waals surface area contributed by atoms with Crippen LogP contribution in [0.1, 0.15) is 9.68 Å². The van der Waals surface area contributed by atoms with E-state index < -0.39 is 17.5 Å². The van der Waals surface area contributed by atoms with E-state index in [-0.39, 0.29) is 11.3 Å². The predicted octanol–water partition coefficient (Wildman–Crippen LogP) is 1.91. The Labute approximate surface area is 74.1 Å². The first kappa shape index (κ1) is 5.13. The second-order valence-corrected chi connectivity index (χ2v) is 2.11. The zero-order valence-electron chi connectivity index (χ0n) is 9.40. The van der Waals surface area contributed by atoms with Crippen LogP contribution in [0.3, 0.4) is 0 Å². The number of hydrogen-bond acceptors (Lipinski definition) is 3. The number of nitrogens with zero attached hydrogens (tertiary/aromatic N) is 1. The van der Waals surface area contributed by atoms with E-state index in [0.29, 0.717) is 0 Å². The van der Waals surface area contributed by atoms with Crippen LogP contribution in [0, 0.1) is 17.0 Å². The van der Waals surface area contributed by atoms with Gasteiger partial charge in [-0.3, -0.25) is 10.1 Å². The standard InChI is InChI=1S/C8H9NO3/c1-6-4-3-5-7(12-2)8(6)9(10)11/h3-5H,1-2H3/i1D3. The third-order valence-electron chi connectivity index (χ3n) is 1.40. The summed E-state index contributed by atoms with van der Waals surface area (Å²) in [7, 11) is 1.26. The highest BCUT2D eigenvalue weighted by atomic mass is 16.6. The van der Waals surface area contributed by atoms with Gasteiger partial charge in [-0.1, -0.05) is 12.1 Å². The summed E-state index contributed by atoms with van der Waals surface area (Å²) in [4.78, 5) is 9.97. The lowest BCUT2D eigenvalue weighted by atomic mass is 10.2. The van der Waals surface area contributed by atoms with E-state index in [4.69, 9.17) is 8.85 Å². The summed E-state index contributed by atoms with van der Waals surface area (Å²) in [6.07, 6.45) is 0. The van der Waals surface area contributed by atoms with E-state index in [1.54, 1.807) is 0 Å². The molecule has 1 aromatic carbocycles. The van der Waals surface area contributed by atoms with Crippen LogP contribution in [0.4, 0.5) is 5.69 Å². The van der Waals surface area contributed by atoms with Gasteiger partial charge in [0.25, 0.3) is 0 Å². The normalized spacial score (nSPS) is 14.2. The molecule has 0 aromatic heterocycles. The second-order valence-electron chi connectivity index (χ2n) is 2.11. The maximum Gasteiger partial charge on any atom is 0.313 e. The van der Waals surface area contributed by atoms with E-state index in [1.165, 1.54) is 25.3 Å². The number of nitro benzene ring substituents is 1. The molecule has 0 saturated carbocycles. The number of hydrogen-bond donors (Lipinski definition) is 0. The largest absolute Gasteiger partial charge is 0.490 e. The fourth-order valence-electron chi connectivity index (χ4n) is 0.875. The second kappa shape index (κ2) is 3.21. The molecule has 4 nitrogen and oxygen atoms in total. The van der Waals surface area contributed by atoms with Crippen LogP contribution < -0.4 is 4.74 Å². The summed E-state index contributed by atoms with van der Waals surface area (Å²) >= 11 is 0. The molecule has 1 aromatic rings. The van der Waals surface area contributed by atoms with Gasteiger partial charge in [-0.25, -0.2) is 0 Å². The van der Waals surface area contributed by atoms with Gasteiger partial charge in [0, 0.05) is 9.68 Å². The van der Waals surface area contributed by atoms with Crippen LogP contribution >= 0.6 is 0 Å². The van der Waals surface area contributed by atoms with E-state index in [1.807, 2.05) is 0 Å². The molecule has 0 radical (unpaired) electrons. The van der Waals surface area contributed by atoms with E-state index in [2.05, 4.69) is 0 Å². The molecular formula is C8H9NO3. The highest BCUT2D eigenvalue weighted by Gasteiger charge is 2.16. The van der Waals surface area contributed by atoms with Gasteiger partial charge in [0.1, 0.15) is 0 Å². The summed E-state index contributed by atoms with van der Waals surface area (Å²) in [6.45, 7) is -2.52. The predicted molar refractivity (Wildman–Crippen MR) is 44.4 cm³/mol. The zero-order chi connectivity index (χ0) is 11.6. The molecule has 0 amide bonds. The first-order valence-corrected chi connectivity index (χ1v) is 3.20. The van der Waals surface area contributed by atoms with Crippen molar-refractivity contribution in [2.24, 2.45) is 0 Å². The van der Waals surface area contributed by atoms with Gasteiger partial charge in [0.2, 0.25) is 0 Å². The lowest BCUT2D eigenvalue weighted by Gasteiger charge is -2.02. The van der Waals surface area contributed by atoms with Crippen LogP contribution in [0.25, 0.3) is 0 Å². The number of ether oxygens (including phenoxy) is 1. The molecule has 4 heteroatoms. The number of aryl methyl sites for hydroxylation is 1. The summed E-state index contributed by atoms with van der Waals surface area (Å²) < 4.78 is 26.2. The Hall–Kier alpha value is -1.58. The molecular weight excluding hydrogens is 158 g/mol. The fraction of sp³-hybridized carbons (Fsp3) is 0.250. The van der Waals surface area contributed by atoms with Gasteiger partial charge in [-0.2, -0.15) is 0 Å². The van der Waals surface area contributed by atoms with Crippen molar-refractivity contribution < 1.29 is 13.8 Å². The third-order valence-corrected chi connectivity index (χ3v) is 1.40. The molecule has 0 heterocycles. The molecule has 0 saturated heterocycles. The minimum absolute atomic E-state index is 0.0476. The van der Waals surface area contributed by atoms with Crippen LogP contribution in [0.15, 0.2) is 18.2 Å². The summed E-state index contributed by atoms with van der Waals surface area (Å²) in [5.74, 6) is -0.0476. The highest BCUT2D eigenvalue weighted by molar-refractivity contribution is 5.51. The summed E-state index contributed by atoms with van der Waals surface area (Å²) in [6, 6.07) is 3.97. The number of nitro groups is 1. The molecule has 0 atom stereocenters. The molecule has 0 aliphatic carbocycles. The van der Waals surface area contributed by atoms with Crippen molar-refractivity contribution in [1.82, 2.24) is 0 Å². The highest BCUT2D eigenvalue weighted by Crippen LogP contribution is 2.29. The first-order chi connectivity index (χ1) is 6.88. The van der Waals surface area contributed by atoms with Crippen molar-refractivity contribution in [2.45, 2.75) is 6.85 Å². The lowest BCUT2D eigenvalue weighted by Crippen LogP contribution is -1.95. The quantitative estimate of drug-likeness (QED) is 0.503. The molecule has 0 aliphatic heterocycles. The van der Waals surface area contributed by atoms with E-state index in [0.717, 1.165) is 0 Å². The van der Waals surface area contributed by atoms with Gasteiger partial charge in [-0.15, -0.1) is 0 Å². The monoisotopic (exact) mass is 170 g/mol.